The fraction of sp³-hybridized carbons (Fsp3) is 0.533. The van der Waals surface area contributed by atoms with E-state index in [0.717, 1.165) is 22.9 Å². The van der Waals surface area contributed by atoms with E-state index in [1.54, 1.807) is 7.11 Å². The SMILES string of the molecule is COc1ccc(C2=NC(C)C(C)N2)c(OC(C)C)c1. The molecular weight excluding hydrogens is 240 g/mol. The van der Waals surface area contributed by atoms with E-state index in [0.29, 0.717) is 6.04 Å². The summed E-state index contributed by atoms with van der Waals surface area (Å²) in [6.07, 6.45) is 0.114. The number of aliphatic imine (C=N–C) groups is 1. The summed E-state index contributed by atoms with van der Waals surface area (Å²) in [6, 6.07) is 6.47. The molecule has 4 nitrogen and oxygen atoms in total. The molecule has 1 aromatic rings. The van der Waals surface area contributed by atoms with Crippen LogP contribution < -0.4 is 14.8 Å². The zero-order valence-electron chi connectivity index (χ0n) is 12.2. The Balaban J connectivity index is 2.36. The number of rotatable bonds is 4. The van der Waals surface area contributed by atoms with Gasteiger partial charge in [0.2, 0.25) is 0 Å². The maximum absolute atomic E-state index is 5.87. The molecule has 1 aromatic carbocycles. The molecule has 0 saturated heterocycles. The molecule has 2 atom stereocenters. The van der Waals surface area contributed by atoms with Gasteiger partial charge in [0, 0.05) is 12.1 Å². The van der Waals surface area contributed by atoms with Gasteiger partial charge in [-0.2, -0.15) is 0 Å². The quantitative estimate of drug-likeness (QED) is 0.907. The lowest BCUT2D eigenvalue weighted by molar-refractivity contribution is 0.240. The number of hydrogen-bond donors (Lipinski definition) is 1. The van der Waals surface area contributed by atoms with Crippen LogP contribution in [0.15, 0.2) is 23.2 Å². The number of amidine groups is 1. The molecule has 1 aliphatic heterocycles. The van der Waals surface area contributed by atoms with Crippen LogP contribution in [0.4, 0.5) is 0 Å². The second kappa shape index (κ2) is 5.51. The molecule has 0 radical (unpaired) electrons. The Bertz CT molecular complexity index is 483. The molecule has 0 aliphatic carbocycles. The van der Waals surface area contributed by atoms with Crippen LogP contribution in [-0.4, -0.2) is 31.1 Å². The van der Waals surface area contributed by atoms with Crippen molar-refractivity contribution in [2.24, 2.45) is 4.99 Å². The van der Waals surface area contributed by atoms with Crippen molar-refractivity contribution >= 4 is 5.84 Å². The molecule has 19 heavy (non-hydrogen) atoms. The lowest BCUT2D eigenvalue weighted by Gasteiger charge is -2.16. The lowest BCUT2D eigenvalue weighted by atomic mass is 10.1. The average Bonchev–Trinajstić information content (AvgIpc) is 2.68. The standard InChI is InChI=1S/C15H22N2O2/c1-9(2)19-14-8-12(18-5)6-7-13(14)15-16-10(3)11(4)17-15/h6-11H,1-5H3,(H,16,17). The Morgan fingerprint density at radius 2 is 2.00 bits per heavy atom. The summed E-state index contributed by atoms with van der Waals surface area (Å²) in [5.74, 6) is 2.50. The Morgan fingerprint density at radius 1 is 1.26 bits per heavy atom. The first-order valence-corrected chi connectivity index (χ1v) is 6.70. The third kappa shape index (κ3) is 3.00. The van der Waals surface area contributed by atoms with Crippen LogP contribution in [-0.2, 0) is 0 Å². The van der Waals surface area contributed by atoms with E-state index in [-0.39, 0.29) is 12.1 Å². The van der Waals surface area contributed by atoms with Crippen molar-refractivity contribution in [1.29, 1.82) is 0 Å². The van der Waals surface area contributed by atoms with Crippen LogP contribution in [0.25, 0.3) is 0 Å². The number of ether oxygens (including phenoxy) is 2. The van der Waals surface area contributed by atoms with Gasteiger partial charge in [-0.1, -0.05) is 0 Å². The second-order valence-electron chi connectivity index (χ2n) is 5.18. The van der Waals surface area contributed by atoms with Crippen molar-refractivity contribution in [3.05, 3.63) is 23.8 Å². The van der Waals surface area contributed by atoms with Crippen LogP contribution >= 0.6 is 0 Å². The zero-order valence-corrected chi connectivity index (χ0v) is 12.2. The number of benzene rings is 1. The monoisotopic (exact) mass is 262 g/mol. The minimum absolute atomic E-state index is 0.114. The molecule has 1 heterocycles. The van der Waals surface area contributed by atoms with E-state index in [4.69, 9.17) is 9.47 Å². The molecule has 0 aromatic heterocycles. The molecule has 4 heteroatoms. The summed E-state index contributed by atoms with van der Waals surface area (Å²) < 4.78 is 11.1. The third-order valence-electron chi connectivity index (χ3n) is 3.23. The van der Waals surface area contributed by atoms with Gasteiger partial charge in [-0.15, -0.1) is 0 Å². The van der Waals surface area contributed by atoms with E-state index in [1.165, 1.54) is 0 Å². The van der Waals surface area contributed by atoms with Gasteiger partial charge in [0.05, 0.1) is 24.8 Å². The Hall–Kier alpha value is -1.71. The minimum atomic E-state index is 0.114. The zero-order chi connectivity index (χ0) is 14.0. The highest BCUT2D eigenvalue weighted by molar-refractivity contribution is 6.02. The first-order chi connectivity index (χ1) is 9.01. The van der Waals surface area contributed by atoms with Crippen molar-refractivity contribution in [2.75, 3.05) is 7.11 Å². The summed E-state index contributed by atoms with van der Waals surface area (Å²) in [6.45, 7) is 8.27. The van der Waals surface area contributed by atoms with Gasteiger partial charge in [-0.3, -0.25) is 4.99 Å². The predicted octanol–water partition coefficient (Wildman–Crippen LogP) is 2.61. The van der Waals surface area contributed by atoms with Gasteiger partial charge in [0.25, 0.3) is 0 Å². The molecule has 0 saturated carbocycles. The van der Waals surface area contributed by atoms with Crippen LogP contribution in [0.3, 0.4) is 0 Å². The van der Waals surface area contributed by atoms with Gasteiger partial charge < -0.3 is 14.8 Å². The molecule has 0 fully saturated rings. The van der Waals surface area contributed by atoms with Gasteiger partial charge >= 0.3 is 0 Å². The van der Waals surface area contributed by atoms with Crippen molar-refractivity contribution in [3.8, 4) is 11.5 Å². The van der Waals surface area contributed by atoms with E-state index in [1.807, 2.05) is 32.0 Å². The Labute approximate surface area is 114 Å². The summed E-state index contributed by atoms with van der Waals surface area (Å²) in [7, 11) is 1.66. The van der Waals surface area contributed by atoms with Crippen molar-refractivity contribution in [1.82, 2.24) is 5.32 Å². The normalized spacial score (nSPS) is 22.1. The maximum Gasteiger partial charge on any atom is 0.134 e. The molecule has 0 amide bonds. The lowest BCUT2D eigenvalue weighted by Crippen LogP contribution is -2.31. The Morgan fingerprint density at radius 3 is 2.53 bits per heavy atom. The summed E-state index contributed by atoms with van der Waals surface area (Å²) in [5, 5.41) is 3.40. The van der Waals surface area contributed by atoms with E-state index < -0.39 is 0 Å². The molecule has 1 N–H and O–H groups in total. The maximum atomic E-state index is 5.87. The molecule has 2 rings (SSSR count). The number of methoxy groups -OCH3 is 1. The first kappa shape index (κ1) is 13.7. The molecule has 0 spiro atoms. The highest BCUT2D eigenvalue weighted by Gasteiger charge is 2.24. The van der Waals surface area contributed by atoms with E-state index >= 15 is 0 Å². The highest BCUT2D eigenvalue weighted by Crippen LogP contribution is 2.27. The average molecular weight is 262 g/mol. The van der Waals surface area contributed by atoms with Crippen LogP contribution in [0, 0.1) is 0 Å². The Kier molecular flexibility index (Phi) is 3.98. The van der Waals surface area contributed by atoms with E-state index in [2.05, 4.69) is 24.2 Å². The van der Waals surface area contributed by atoms with E-state index in [9.17, 15) is 0 Å². The summed E-state index contributed by atoms with van der Waals surface area (Å²) in [4.78, 5) is 4.65. The van der Waals surface area contributed by atoms with Gasteiger partial charge in [-0.25, -0.2) is 0 Å². The smallest absolute Gasteiger partial charge is 0.134 e. The number of nitrogens with zero attached hydrogens (tertiary/aromatic N) is 1. The van der Waals surface area contributed by atoms with Crippen molar-refractivity contribution in [2.45, 2.75) is 45.9 Å². The molecular formula is C15H22N2O2. The van der Waals surface area contributed by atoms with Crippen LogP contribution in [0.2, 0.25) is 0 Å². The van der Waals surface area contributed by atoms with Crippen molar-refractivity contribution < 1.29 is 9.47 Å². The number of hydrogen-bond acceptors (Lipinski definition) is 4. The third-order valence-corrected chi connectivity index (χ3v) is 3.23. The van der Waals surface area contributed by atoms with Crippen molar-refractivity contribution in [3.63, 3.8) is 0 Å². The minimum Gasteiger partial charge on any atom is -0.497 e. The fourth-order valence-electron chi connectivity index (χ4n) is 2.01. The predicted molar refractivity (Wildman–Crippen MR) is 77.4 cm³/mol. The fourth-order valence-corrected chi connectivity index (χ4v) is 2.01. The van der Waals surface area contributed by atoms with Crippen LogP contribution in [0.5, 0.6) is 11.5 Å². The summed E-state index contributed by atoms with van der Waals surface area (Å²) in [5.41, 5.74) is 0.991. The second-order valence-corrected chi connectivity index (χ2v) is 5.18. The molecule has 104 valence electrons. The first-order valence-electron chi connectivity index (χ1n) is 6.70. The molecule has 1 aliphatic rings. The van der Waals surface area contributed by atoms with Gasteiger partial charge in [0.15, 0.2) is 0 Å². The number of nitrogens with one attached hydrogen (secondary N) is 1. The van der Waals surface area contributed by atoms with Gasteiger partial charge in [-0.05, 0) is 39.8 Å². The molecule has 2 unspecified atom stereocenters. The van der Waals surface area contributed by atoms with Gasteiger partial charge in [0.1, 0.15) is 17.3 Å². The highest BCUT2D eigenvalue weighted by atomic mass is 16.5. The van der Waals surface area contributed by atoms with Crippen LogP contribution in [0.1, 0.15) is 33.3 Å². The largest absolute Gasteiger partial charge is 0.497 e. The molecule has 0 bridgehead atoms. The summed E-state index contributed by atoms with van der Waals surface area (Å²) >= 11 is 0. The topological polar surface area (TPSA) is 42.8 Å².